The fourth-order valence-electron chi connectivity index (χ4n) is 6.05. The zero-order chi connectivity index (χ0) is 30.8. The van der Waals surface area contributed by atoms with Crippen molar-refractivity contribution in [3.63, 3.8) is 0 Å². The second-order valence-electron chi connectivity index (χ2n) is 14.0. The van der Waals surface area contributed by atoms with E-state index in [0.717, 1.165) is 65.0 Å². The summed E-state index contributed by atoms with van der Waals surface area (Å²) in [6, 6.07) is 0. The molecule has 0 amide bonds. The van der Waals surface area contributed by atoms with Crippen LogP contribution in [0.3, 0.4) is 0 Å². The van der Waals surface area contributed by atoms with Gasteiger partial charge in [-0.25, -0.2) is 4.79 Å². The van der Waals surface area contributed by atoms with Crippen LogP contribution in [0.5, 0.6) is 11.5 Å². The van der Waals surface area contributed by atoms with E-state index >= 15 is 0 Å². The van der Waals surface area contributed by atoms with Gasteiger partial charge in [-0.1, -0.05) is 72.6 Å². The lowest BCUT2D eigenvalue weighted by Gasteiger charge is -2.38. The van der Waals surface area contributed by atoms with Gasteiger partial charge in [-0.3, -0.25) is 0 Å². The third kappa shape index (κ3) is 11.4. The average molecular weight is 577 g/mol. The molecule has 1 aliphatic rings. The number of fused-ring (bicyclic) bond motifs is 1. The average Bonchev–Trinajstić information content (AvgIpc) is 2.88. The zero-order valence-corrected chi connectivity index (χ0v) is 27.7. The van der Waals surface area contributed by atoms with Crippen LogP contribution in [0.25, 0.3) is 0 Å². The smallest absolute Gasteiger partial charge is 0.487 e. The first-order valence-corrected chi connectivity index (χ1v) is 16.2. The first-order chi connectivity index (χ1) is 19.2. The molecule has 0 saturated carbocycles. The second kappa shape index (κ2) is 16.2. The fourth-order valence-corrected chi connectivity index (χ4v) is 6.05. The van der Waals surface area contributed by atoms with Gasteiger partial charge in [0.05, 0.1) is 5.60 Å². The molecule has 4 unspecified atom stereocenters. The van der Waals surface area contributed by atoms with Crippen LogP contribution in [-0.2, 0) is 11.2 Å². The number of benzene rings is 1. The Balaban J connectivity index is 1.89. The van der Waals surface area contributed by atoms with Gasteiger partial charge in [0, 0.05) is 18.6 Å². The van der Waals surface area contributed by atoms with Crippen LogP contribution in [-0.4, -0.2) is 40.8 Å². The van der Waals surface area contributed by atoms with Gasteiger partial charge in [-0.15, -0.1) is 0 Å². The molecule has 0 bridgehead atoms. The predicted octanol–water partition coefficient (Wildman–Crippen LogP) is 8.78. The highest BCUT2D eigenvalue weighted by Crippen LogP contribution is 2.45. The Morgan fingerprint density at radius 2 is 1.54 bits per heavy atom. The van der Waals surface area contributed by atoms with Gasteiger partial charge < -0.3 is 24.4 Å². The lowest BCUT2D eigenvalue weighted by Crippen LogP contribution is -2.37. The minimum Gasteiger partial charge on any atom is -0.487 e. The Morgan fingerprint density at radius 1 is 0.951 bits per heavy atom. The standard InChI is InChI=1S/C35H60O6/c1-24(2)13-10-14-25(3)15-11-16-26(4)17-12-19-35(9)20-18-30-29(7)31(27(5)28(6)32(30)41-35)40-33(37)39-23-34(8,38)21-22-36/h24-26,36,38H,10-23H2,1-9H3. The maximum absolute atomic E-state index is 12.4. The van der Waals surface area contributed by atoms with Gasteiger partial charge in [0.15, 0.2) is 0 Å². The highest BCUT2D eigenvalue weighted by atomic mass is 16.7. The third-order valence-corrected chi connectivity index (χ3v) is 9.17. The summed E-state index contributed by atoms with van der Waals surface area (Å²) in [6.45, 7) is 18.7. The molecule has 0 aliphatic carbocycles. The fraction of sp³-hybridized carbons (Fsp3) is 0.800. The van der Waals surface area contributed by atoms with Gasteiger partial charge in [0.1, 0.15) is 23.7 Å². The van der Waals surface area contributed by atoms with Crippen LogP contribution in [0, 0.1) is 38.5 Å². The van der Waals surface area contributed by atoms with Gasteiger partial charge in [-0.05, 0) is 94.7 Å². The van der Waals surface area contributed by atoms with Gasteiger partial charge in [0.2, 0.25) is 0 Å². The lowest BCUT2D eigenvalue weighted by molar-refractivity contribution is -0.0325. The molecule has 0 spiro atoms. The molecule has 1 aliphatic heterocycles. The van der Waals surface area contributed by atoms with Crippen LogP contribution in [0.15, 0.2) is 0 Å². The van der Waals surface area contributed by atoms with Crippen molar-refractivity contribution in [3.8, 4) is 11.5 Å². The summed E-state index contributed by atoms with van der Waals surface area (Å²) in [7, 11) is 0. The molecule has 0 fully saturated rings. The van der Waals surface area contributed by atoms with E-state index in [1.54, 1.807) is 0 Å². The summed E-state index contributed by atoms with van der Waals surface area (Å²) < 4.78 is 17.5. The molecule has 6 heteroatoms. The van der Waals surface area contributed by atoms with Crippen LogP contribution < -0.4 is 9.47 Å². The van der Waals surface area contributed by atoms with Crippen LogP contribution in [0.4, 0.5) is 4.79 Å². The SMILES string of the molecule is Cc1c(C)c2c(c(C)c1OC(=O)OCC(C)(O)CCO)CCC(C)(CCCC(C)CCCC(C)CCCC(C)C)O2. The van der Waals surface area contributed by atoms with Crippen molar-refractivity contribution < 1.29 is 29.2 Å². The number of carbonyl (C=O) groups is 1. The molecular formula is C35H60O6. The molecule has 2 N–H and O–H groups in total. The highest BCUT2D eigenvalue weighted by molar-refractivity contribution is 5.68. The number of aliphatic hydroxyl groups is 2. The number of rotatable bonds is 17. The summed E-state index contributed by atoms with van der Waals surface area (Å²) in [5.74, 6) is 3.84. The number of aliphatic hydroxyl groups excluding tert-OH is 1. The highest BCUT2D eigenvalue weighted by Gasteiger charge is 2.35. The first kappa shape index (κ1) is 35.4. The Kier molecular flexibility index (Phi) is 14.0. The van der Waals surface area contributed by atoms with Gasteiger partial charge in [0.25, 0.3) is 0 Å². The molecule has 1 heterocycles. The summed E-state index contributed by atoms with van der Waals surface area (Å²) in [5.41, 5.74) is 2.35. The molecule has 1 aromatic rings. The van der Waals surface area contributed by atoms with E-state index in [1.807, 2.05) is 20.8 Å². The monoisotopic (exact) mass is 576 g/mol. The van der Waals surface area contributed by atoms with Crippen LogP contribution >= 0.6 is 0 Å². The molecule has 0 saturated heterocycles. The van der Waals surface area contributed by atoms with E-state index in [4.69, 9.17) is 19.3 Å². The van der Waals surface area contributed by atoms with Crippen molar-refractivity contribution in [2.45, 2.75) is 151 Å². The summed E-state index contributed by atoms with van der Waals surface area (Å²) in [5, 5.41) is 19.2. The van der Waals surface area contributed by atoms with Crippen LogP contribution in [0.2, 0.25) is 0 Å². The largest absolute Gasteiger partial charge is 0.513 e. The molecule has 236 valence electrons. The number of hydrogen-bond donors (Lipinski definition) is 2. The van der Waals surface area contributed by atoms with Crippen molar-refractivity contribution in [1.29, 1.82) is 0 Å². The molecule has 6 nitrogen and oxygen atoms in total. The molecule has 2 rings (SSSR count). The Bertz CT molecular complexity index is 968. The lowest BCUT2D eigenvalue weighted by atomic mass is 9.83. The van der Waals surface area contributed by atoms with Crippen molar-refractivity contribution in [2.24, 2.45) is 17.8 Å². The van der Waals surface area contributed by atoms with E-state index in [9.17, 15) is 9.90 Å². The van der Waals surface area contributed by atoms with Crippen molar-refractivity contribution in [3.05, 3.63) is 22.3 Å². The zero-order valence-electron chi connectivity index (χ0n) is 27.7. The van der Waals surface area contributed by atoms with Crippen molar-refractivity contribution in [2.75, 3.05) is 13.2 Å². The Labute approximate surface area is 250 Å². The summed E-state index contributed by atoms with van der Waals surface area (Å²) >= 11 is 0. The van der Waals surface area contributed by atoms with Gasteiger partial charge >= 0.3 is 6.16 Å². The second-order valence-corrected chi connectivity index (χ2v) is 14.0. The van der Waals surface area contributed by atoms with E-state index in [1.165, 1.54) is 58.3 Å². The van der Waals surface area contributed by atoms with Gasteiger partial charge in [-0.2, -0.15) is 0 Å². The molecule has 1 aromatic carbocycles. The quantitative estimate of drug-likeness (QED) is 0.142. The maximum Gasteiger partial charge on any atom is 0.513 e. The third-order valence-electron chi connectivity index (χ3n) is 9.17. The Hall–Kier alpha value is -1.79. The summed E-state index contributed by atoms with van der Waals surface area (Å²) in [4.78, 5) is 12.4. The molecule has 41 heavy (non-hydrogen) atoms. The molecular weight excluding hydrogens is 516 g/mol. The summed E-state index contributed by atoms with van der Waals surface area (Å²) in [6.07, 6.45) is 12.6. The molecule has 4 atom stereocenters. The molecule has 0 aromatic heterocycles. The topological polar surface area (TPSA) is 85.2 Å². The van der Waals surface area contributed by atoms with Crippen molar-refractivity contribution >= 4 is 6.16 Å². The number of ether oxygens (including phenoxy) is 3. The van der Waals surface area contributed by atoms with Crippen molar-refractivity contribution in [1.82, 2.24) is 0 Å². The van der Waals surface area contributed by atoms with E-state index in [-0.39, 0.29) is 25.2 Å². The first-order valence-electron chi connectivity index (χ1n) is 16.2. The Morgan fingerprint density at radius 3 is 2.12 bits per heavy atom. The number of hydrogen-bond acceptors (Lipinski definition) is 6. The number of carbonyl (C=O) groups excluding carboxylic acids is 1. The van der Waals surface area contributed by atoms with E-state index < -0.39 is 11.8 Å². The minimum absolute atomic E-state index is 0.114. The minimum atomic E-state index is -1.30. The van der Waals surface area contributed by atoms with E-state index in [2.05, 4.69) is 34.6 Å². The normalized spacial score (nSPS) is 19.7. The van der Waals surface area contributed by atoms with Crippen LogP contribution in [0.1, 0.15) is 134 Å². The van der Waals surface area contributed by atoms with E-state index in [0.29, 0.717) is 5.75 Å². The maximum atomic E-state index is 12.4. The molecule has 0 radical (unpaired) electrons. The predicted molar refractivity (Wildman–Crippen MR) is 167 cm³/mol.